The van der Waals surface area contributed by atoms with Crippen LogP contribution in [0.25, 0.3) is 5.69 Å². The van der Waals surface area contributed by atoms with Gasteiger partial charge in [0.1, 0.15) is 11.6 Å². The Hall–Kier alpha value is -3.15. The number of ether oxygens (including phenoxy) is 1. The van der Waals surface area contributed by atoms with Gasteiger partial charge in [-0.3, -0.25) is 0 Å². The van der Waals surface area contributed by atoms with Gasteiger partial charge in [0.05, 0.1) is 17.2 Å². The van der Waals surface area contributed by atoms with E-state index in [9.17, 15) is 18.4 Å². The molecule has 0 aliphatic carbocycles. The van der Waals surface area contributed by atoms with E-state index in [0.29, 0.717) is 10.7 Å². The quantitative estimate of drug-likeness (QED) is 0.565. The molecule has 0 unspecified atom stereocenters. The molecule has 0 fully saturated rings. The topological polar surface area (TPSA) is 76.9 Å². The van der Waals surface area contributed by atoms with Gasteiger partial charge in [-0.1, -0.05) is 47.5 Å². The number of allylic oxidation sites excluding steroid dienone is 1. The Morgan fingerprint density at radius 2 is 1.83 bits per heavy atom. The van der Waals surface area contributed by atoms with E-state index < -0.39 is 17.8 Å². The van der Waals surface area contributed by atoms with Crippen molar-refractivity contribution in [1.29, 1.82) is 5.26 Å². The molecule has 1 aromatic heterocycles. The molecule has 2 aromatic carbocycles. The maximum Gasteiger partial charge on any atom is 0.435 e. The van der Waals surface area contributed by atoms with Crippen LogP contribution in [-0.2, 0) is 6.18 Å². The van der Waals surface area contributed by atoms with Gasteiger partial charge < -0.3 is 10.5 Å². The Morgan fingerprint density at radius 3 is 2.43 bits per heavy atom. The molecule has 4 rings (SSSR count). The molecule has 0 saturated heterocycles. The number of para-hydroxylation sites is 1. The van der Waals surface area contributed by atoms with Gasteiger partial charge >= 0.3 is 6.18 Å². The number of aromatic nitrogens is 2. The highest BCUT2D eigenvalue weighted by atomic mass is 35.5. The standard InChI is InChI=1S/C20H11Cl2F3N4O/c21-10-6-7-12(14(22)8-10)15-13(9-26)18(27)30-19-16(15)17(20(23,24)25)28-29(19)11-4-2-1-3-5-11/h1-8,15H,27H2/t15-/m0/s1. The van der Waals surface area contributed by atoms with E-state index in [1.165, 1.54) is 18.2 Å². The van der Waals surface area contributed by atoms with Gasteiger partial charge in [0.2, 0.25) is 11.8 Å². The number of fused-ring (bicyclic) bond motifs is 1. The average molecular weight is 451 g/mol. The molecule has 1 aliphatic rings. The molecule has 30 heavy (non-hydrogen) atoms. The number of hydrogen-bond acceptors (Lipinski definition) is 4. The molecule has 0 spiro atoms. The zero-order valence-electron chi connectivity index (χ0n) is 14.9. The smallest absolute Gasteiger partial charge is 0.422 e. The molecular weight excluding hydrogens is 440 g/mol. The van der Waals surface area contributed by atoms with Crippen molar-refractivity contribution in [2.45, 2.75) is 12.1 Å². The van der Waals surface area contributed by atoms with Crippen LogP contribution in [0.3, 0.4) is 0 Å². The van der Waals surface area contributed by atoms with Crippen LogP contribution in [0.1, 0.15) is 22.7 Å². The van der Waals surface area contributed by atoms with Gasteiger partial charge in [0.15, 0.2) is 5.69 Å². The fraction of sp³-hybridized carbons (Fsp3) is 0.100. The summed E-state index contributed by atoms with van der Waals surface area (Å²) in [7, 11) is 0. The lowest BCUT2D eigenvalue weighted by atomic mass is 9.84. The fourth-order valence-electron chi connectivity index (χ4n) is 3.34. The Labute approximate surface area is 178 Å². The average Bonchev–Trinajstić information content (AvgIpc) is 3.07. The van der Waals surface area contributed by atoms with Crippen LogP contribution in [0, 0.1) is 11.3 Å². The molecule has 5 nitrogen and oxygen atoms in total. The highest BCUT2D eigenvalue weighted by Gasteiger charge is 2.46. The molecule has 10 heteroatoms. The monoisotopic (exact) mass is 450 g/mol. The largest absolute Gasteiger partial charge is 0.435 e. The highest BCUT2D eigenvalue weighted by molar-refractivity contribution is 6.35. The van der Waals surface area contributed by atoms with Gasteiger partial charge in [0, 0.05) is 10.0 Å². The third kappa shape index (κ3) is 3.26. The predicted octanol–water partition coefficient (Wildman–Crippen LogP) is 5.42. The van der Waals surface area contributed by atoms with Crippen molar-refractivity contribution >= 4 is 23.2 Å². The first kappa shape index (κ1) is 20.1. The molecule has 0 saturated carbocycles. The van der Waals surface area contributed by atoms with E-state index in [2.05, 4.69) is 5.10 Å². The first-order valence-corrected chi connectivity index (χ1v) is 9.26. The first-order chi connectivity index (χ1) is 14.2. The highest BCUT2D eigenvalue weighted by Crippen LogP contribution is 2.50. The lowest BCUT2D eigenvalue weighted by Crippen LogP contribution is -2.23. The van der Waals surface area contributed by atoms with E-state index in [4.69, 9.17) is 33.7 Å². The number of nitrogens with two attached hydrogens (primary N) is 1. The molecular formula is C20H11Cl2F3N4O. The van der Waals surface area contributed by atoms with Crippen molar-refractivity contribution in [1.82, 2.24) is 9.78 Å². The molecule has 152 valence electrons. The summed E-state index contributed by atoms with van der Waals surface area (Å²) in [5.41, 5.74) is 4.73. The summed E-state index contributed by atoms with van der Waals surface area (Å²) in [4.78, 5) is 0. The molecule has 0 radical (unpaired) electrons. The van der Waals surface area contributed by atoms with Crippen LogP contribution in [0.2, 0.25) is 10.0 Å². The van der Waals surface area contributed by atoms with Crippen molar-refractivity contribution in [3.8, 4) is 17.6 Å². The minimum absolute atomic E-state index is 0.0847. The SMILES string of the molecule is N#CC1=C(N)Oc2c(c(C(F)(F)F)nn2-c2ccccc2)[C@H]1c1ccc(Cl)cc1Cl. The molecule has 0 bridgehead atoms. The second kappa shape index (κ2) is 7.27. The van der Waals surface area contributed by atoms with Gasteiger partial charge in [-0.05, 0) is 29.8 Å². The fourth-order valence-corrected chi connectivity index (χ4v) is 3.86. The molecule has 2 N–H and O–H groups in total. The van der Waals surface area contributed by atoms with Gasteiger partial charge in [-0.25, -0.2) is 0 Å². The Balaban J connectivity index is 2.07. The van der Waals surface area contributed by atoms with Gasteiger partial charge in [0.25, 0.3) is 0 Å². The molecule has 0 amide bonds. The summed E-state index contributed by atoms with van der Waals surface area (Å²) in [5.74, 6) is -1.80. The van der Waals surface area contributed by atoms with Crippen LogP contribution in [-0.4, -0.2) is 9.78 Å². The number of nitriles is 1. The van der Waals surface area contributed by atoms with E-state index >= 15 is 0 Å². The lowest BCUT2D eigenvalue weighted by molar-refractivity contribution is -0.142. The van der Waals surface area contributed by atoms with Crippen LogP contribution >= 0.6 is 23.2 Å². The van der Waals surface area contributed by atoms with Crippen molar-refractivity contribution < 1.29 is 17.9 Å². The van der Waals surface area contributed by atoms with Gasteiger partial charge in [-0.2, -0.15) is 28.2 Å². The maximum atomic E-state index is 14.0. The molecule has 1 aliphatic heterocycles. The zero-order chi connectivity index (χ0) is 21.6. The molecule has 2 heterocycles. The Kier molecular flexibility index (Phi) is 4.88. The summed E-state index contributed by atoms with van der Waals surface area (Å²) in [6, 6.07) is 14.3. The minimum Gasteiger partial charge on any atom is -0.422 e. The minimum atomic E-state index is -4.82. The zero-order valence-corrected chi connectivity index (χ0v) is 16.4. The number of benzene rings is 2. The Bertz CT molecular complexity index is 1210. The third-order valence-corrected chi connectivity index (χ3v) is 5.15. The van der Waals surface area contributed by atoms with Crippen LogP contribution in [0.15, 0.2) is 60.0 Å². The van der Waals surface area contributed by atoms with E-state index in [-0.39, 0.29) is 33.5 Å². The molecule has 3 aromatic rings. The second-order valence-corrected chi connectivity index (χ2v) is 7.25. The first-order valence-electron chi connectivity index (χ1n) is 8.50. The van der Waals surface area contributed by atoms with Gasteiger partial charge in [-0.15, -0.1) is 0 Å². The van der Waals surface area contributed by atoms with Crippen LogP contribution < -0.4 is 10.5 Å². The van der Waals surface area contributed by atoms with E-state index in [0.717, 1.165) is 4.68 Å². The maximum absolute atomic E-state index is 14.0. The molecule has 1 atom stereocenters. The van der Waals surface area contributed by atoms with Crippen molar-refractivity contribution in [2.75, 3.05) is 0 Å². The Morgan fingerprint density at radius 1 is 1.13 bits per heavy atom. The van der Waals surface area contributed by atoms with Crippen molar-refractivity contribution in [2.24, 2.45) is 5.73 Å². The van der Waals surface area contributed by atoms with Crippen LogP contribution in [0.4, 0.5) is 13.2 Å². The third-order valence-electron chi connectivity index (χ3n) is 4.59. The summed E-state index contributed by atoms with van der Waals surface area (Å²) >= 11 is 12.2. The number of nitrogens with zero attached hydrogens (tertiary/aromatic N) is 3. The van der Waals surface area contributed by atoms with Crippen molar-refractivity contribution in [3.63, 3.8) is 0 Å². The summed E-state index contributed by atoms with van der Waals surface area (Å²) in [6.45, 7) is 0. The lowest BCUT2D eigenvalue weighted by Gasteiger charge is -2.26. The van der Waals surface area contributed by atoms with E-state index in [1.54, 1.807) is 30.3 Å². The number of rotatable bonds is 2. The normalized spacial score (nSPS) is 16.1. The van der Waals surface area contributed by atoms with Crippen molar-refractivity contribution in [3.05, 3.63) is 86.9 Å². The van der Waals surface area contributed by atoms with E-state index in [1.807, 2.05) is 6.07 Å². The second-order valence-electron chi connectivity index (χ2n) is 6.40. The van der Waals surface area contributed by atoms with Crippen LogP contribution in [0.5, 0.6) is 5.88 Å². The number of hydrogen-bond donors (Lipinski definition) is 1. The summed E-state index contributed by atoms with van der Waals surface area (Å²) < 4.78 is 48.4. The number of halogens is 5. The predicted molar refractivity (Wildman–Crippen MR) is 104 cm³/mol. The summed E-state index contributed by atoms with van der Waals surface area (Å²) in [6.07, 6.45) is -4.82. The summed E-state index contributed by atoms with van der Waals surface area (Å²) in [5, 5.41) is 13.8. The number of alkyl halides is 3.